The van der Waals surface area contributed by atoms with Crippen LogP contribution < -0.4 is 5.32 Å². The number of benzene rings is 1. The lowest BCUT2D eigenvalue weighted by atomic mass is 9.93. The van der Waals surface area contributed by atoms with E-state index in [9.17, 15) is 9.59 Å². The van der Waals surface area contributed by atoms with Crippen molar-refractivity contribution in [2.75, 3.05) is 7.11 Å². The number of esters is 1. The van der Waals surface area contributed by atoms with Crippen LogP contribution in [0, 0.1) is 11.8 Å². The number of rotatable bonds is 5. The Balaban J connectivity index is 1.92. The van der Waals surface area contributed by atoms with Crippen molar-refractivity contribution in [1.29, 1.82) is 0 Å². The van der Waals surface area contributed by atoms with Crippen molar-refractivity contribution >= 4 is 12.1 Å². The summed E-state index contributed by atoms with van der Waals surface area (Å²) in [6.07, 6.45) is 4.99. The smallest absolute Gasteiger partial charge is 0.407 e. The monoisotopic (exact) mass is 317 g/mol. The van der Waals surface area contributed by atoms with Crippen molar-refractivity contribution in [3.63, 3.8) is 0 Å². The molecule has 1 amide bonds. The first kappa shape index (κ1) is 17.1. The number of hydrogen-bond acceptors (Lipinski definition) is 4. The molecular weight excluding hydrogens is 294 g/mol. The summed E-state index contributed by atoms with van der Waals surface area (Å²) in [5.41, 5.74) is 0.922. The second-order valence-corrected chi connectivity index (χ2v) is 5.63. The van der Waals surface area contributed by atoms with E-state index in [1.54, 1.807) is 0 Å². The molecule has 1 aromatic rings. The van der Waals surface area contributed by atoms with Crippen molar-refractivity contribution in [3.05, 3.63) is 48.0 Å². The maximum absolute atomic E-state index is 12.0. The lowest BCUT2D eigenvalue weighted by Crippen LogP contribution is -2.42. The molecule has 0 spiro atoms. The van der Waals surface area contributed by atoms with Gasteiger partial charge in [-0.2, -0.15) is 0 Å². The van der Waals surface area contributed by atoms with E-state index in [-0.39, 0.29) is 30.5 Å². The van der Waals surface area contributed by atoms with Crippen LogP contribution in [-0.4, -0.2) is 25.2 Å². The second-order valence-electron chi connectivity index (χ2n) is 5.63. The van der Waals surface area contributed by atoms with Crippen molar-refractivity contribution < 1.29 is 19.1 Å². The molecule has 0 saturated heterocycles. The van der Waals surface area contributed by atoms with E-state index >= 15 is 0 Å². The van der Waals surface area contributed by atoms with Crippen LogP contribution >= 0.6 is 0 Å². The van der Waals surface area contributed by atoms with Gasteiger partial charge in [0.2, 0.25) is 0 Å². The average Bonchev–Trinajstić information content (AvgIpc) is 2.96. The van der Waals surface area contributed by atoms with Gasteiger partial charge in [0, 0.05) is 6.04 Å². The number of allylic oxidation sites excluding steroid dienone is 2. The first-order chi connectivity index (χ1) is 11.2. The van der Waals surface area contributed by atoms with Gasteiger partial charge in [-0.25, -0.2) is 4.79 Å². The maximum Gasteiger partial charge on any atom is 0.407 e. The third kappa shape index (κ3) is 4.58. The van der Waals surface area contributed by atoms with Crippen molar-refractivity contribution in [2.24, 2.45) is 11.8 Å². The van der Waals surface area contributed by atoms with E-state index in [0.717, 1.165) is 18.4 Å². The first-order valence-corrected chi connectivity index (χ1v) is 7.83. The quantitative estimate of drug-likeness (QED) is 0.669. The van der Waals surface area contributed by atoms with Crippen molar-refractivity contribution in [2.45, 2.75) is 32.4 Å². The van der Waals surface area contributed by atoms with Crippen LogP contribution in [-0.2, 0) is 20.9 Å². The van der Waals surface area contributed by atoms with Crippen LogP contribution in [0.1, 0.15) is 25.3 Å². The highest BCUT2D eigenvalue weighted by Crippen LogP contribution is 2.34. The molecule has 124 valence electrons. The summed E-state index contributed by atoms with van der Waals surface area (Å²) in [6, 6.07) is 9.21. The lowest BCUT2D eigenvalue weighted by molar-refractivity contribution is -0.146. The van der Waals surface area contributed by atoms with Crippen LogP contribution in [0.15, 0.2) is 42.5 Å². The molecule has 5 nitrogen and oxygen atoms in total. The number of hydrogen-bond donors (Lipinski definition) is 1. The van der Waals surface area contributed by atoms with Gasteiger partial charge in [0.1, 0.15) is 6.61 Å². The summed E-state index contributed by atoms with van der Waals surface area (Å²) >= 11 is 0. The average molecular weight is 317 g/mol. The third-order valence-corrected chi connectivity index (χ3v) is 4.13. The molecule has 0 heterocycles. The Hall–Kier alpha value is -2.30. The van der Waals surface area contributed by atoms with Crippen LogP contribution in [0.3, 0.4) is 0 Å². The Kier molecular flexibility index (Phi) is 6.20. The molecule has 1 aliphatic carbocycles. The number of methoxy groups -OCH3 is 1. The Morgan fingerprint density at radius 3 is 2.65 bits per heavy atom. The van der Waals surface area contributed by atoms with Crippen LogP contribution in [0.4, 0.5) is 4.79 Å². The van der Waals surface area contributed by atoms with Gasteiger partial charge in [-0.1, -0.05) is 42.5 Å². The van der Waals surface area contributed by atoms with E-state index < -0.39 is 6.09 Å². The number of amides is 1. The molecule has 3 unspecified atom stereocenters. The third-order valence-electron chi connectivity index (χ3n) is 4.13. The minimum Gasteiger partial charge on any atom is -0.469 e. The van der Waals surface area contributed by atoms with Crippen molar-refractivity contribution in [1.82, 2.24) is 5.32 Å². The Labute approximate surface area is 136 Å². The highest BCUT2D eigenvalue weighted by Gasteiger charge is 2.41. The molecule has 1 fully saturated rings. The number of carbonyl (C=O) groups is 2. The number of ether oxygens (including phenoxy) is 2. The van der Waals surface area contributed by atoms with Crippen LogP contribution in [0.2, 0.25) is 0 Å². The van der Waals surface area contributed by atoms with Gasteiger partial charge in [0.15, 0.2) is 0 Å². The molecule has 23 heavy (non-hydrogen) atoms. The standard InChI is InChI=1S/C18H23NO4/c1-3-7-14-10-11-15(16(14)17(20)22-2)19-18(21)23-12-13-8-5-4-6-9-13/h3-9,14-16H,10-12H2,1-2H3,(H,19,21)/b7-3-. The molecule has 2 rings (SSSR count). The highest BCUT2D eigenvalue weighted by atomic mass is 16.5. The molecule has 1 saturated carbocycles. The number of nitrogens with one attached hydrogen (secondary N) is 1. The van der Waals surface area contributed by atoms with Gasteiger partial charge in [0.25, 0.3) is 0 Å². The van der Waals surface area contributed by atoms with E-state index in [1.807, 2.05) is 49.4 Å². The van der Waals surface area contributed by atoms with Gasteiger partial charge in [-0.3, -0.25) is 4.79 Å². The molecule has 0 aromatic heterocycles. The predicted molar refractivity (Wildman–Crippen MR) is 86.6 cm³/mol. The van der Waals surface area contributed by atoms with Crippen LogP contribution in [0.25, 0.3) is 0 Å². The minimum atomic E-state index is -0.506. The van der Waals surface area contributed by atoms with E-state index in [4.69, 9.17) is 9.47 Å². The maximum atomic E-state index is 12.0. The van der Waals surface area contributed by atoms with E-state index in [2.05, 4.69) is 5.32 Å². The van der Waals surface area contributed by atoms with E-state index in [1.165, 1.54) is 7.11 Å². The number of carbonyl (C=O) groups excluding carboxylic acids is 2. The zero-order valence-corrected chi connectivity index (χ0v) is 13.5. The predicted octanol–water partition coefficient (Wildman–Crippen LogP) is 3.06. The summed E-state index contributed by atoms with van der Waals surface area (Å²) in [5.74, 6) is -0.564. The zero-order valence-electron chi connectivity index (χ0n) is 13.5. The fourth-order valence-electron chi connectivity index (χ4n) is 3.05. The molecule has 0 bridgehead atoms. The topological polar surface area (TPSA) is 64.6 Å². The molecule has 1 aromatic carbocycles. The summed E-state index contributed by atoms with van der Waals surface area (Å²) in [7, 11) is 1.37. The molecule has 0 aliphatic heterocycles. The fraction of sp³-hybridized carbons (Fsp3) is 0.444. The summed E-state index contributed by atoms with van der Waals surface area (Å²) in [6.45, 7) is 2.13. The minimum absolute atomic E-state index is 0.0897. The SMILES string of the molecule is C/C=C\C1CCC(NC(=O)OCc2ccccc2)C1C(=O)OC. The second kappa shape index (κ2) is 8.36. The lowest BCUT2D eigenvalue weighted by Gasteiger charge is -2.21. The molecular formula is C18H23NO4. The highest BCUT2D eigenvalue weighted by molar-refractivity contribution is 5.76. The van der Waals surface area contributed by atoms with Gasteiger partial charge in [0.05, 0.1) is 13.0 Å². The molecule has 0 radical (unpaired) electrons. The number of alkyl carbamates (subject to hydrolysis) is 1. The Bertz CT molecular complexity index is 555. The fourth-order valence-corrected chi connectivity index (χ4v) is 3.05. The summed E-state index contributed by atoms with van der Waals surface area (Å²) in [5, 5.41) is 2.81. The zero-order chi connectivity index (χ0) is 16.7. The normalized spacial score (nSPS) is 23.7. The first-order valence-electron chi connectivity index (χ1n) is 7.83. The Morgan fingerprint density at radius 1 is 1.26 bits per heavy atom. The van der Waals surface area contributed by atoms with Gasteiger partial charge < -0.3 is 14.8 Å². The Morgan fingerprint density at radius 2 is 2.00 bits per heavy atom. The molecule has 3 atom stereocenters. The van der Waals surface area contributed by atoms with Crippen molar-refractivity contribution in [3.8, 4) is 0 Å². The van der Waals surface area contributed by atoms with Gasteiger partial charge in [-0.15, -0.1) is 0 Å². The van der Waals surface area contributed by atoms with Gasteiger partial charge in [-0.05, 0) is 31.2 Å². The summed E-state index contributed by atoms with van der Waals surface area (Å²) in [4.78, 5) is 24.0. The largest absolute Gasteiger partial charge is 0.469 e. The van der Waals surface area contributed by atoms with Gasteiger partial charge >= 0.3 is 12.1 Å². The van der Waals surface area contributed by atoms with Crippen LogP contribution in [0.5, 0.6) is 0 Å². The molecule has 5 heteroatoms. The molecule has 1 N–H and O–H groups in total. The summed E-state index contributed by atoms with van der Waals surface area (Å²) < 4.78 is 10.1. The van der Waals surface area contributed by atoms with E-state index in [0.29, 0.717) is 0 Å². The molecule has 1 aliphatic rings.